The molecule has 3 N–H and O–H groups in total. The van der Waals surface area contributed by atoms with Crippen molar-refractivity contribution < 1.29 is 18.0 Å². The van der Waals surface area contributed by atoms with E-state index in [9.17, 15) is 18.0 Å². The Morgan fingerprint density at radius 1 is 1.35 bits per heavy atom. The molecule has 106 valence electrons. The number of hydrogen-bond donors (Lipinski definition) is 2. The molecule has 5 nitrogen and oxygen atoms in total. The molecule has 2 aromatic rings. The summed E-state index contributed by atoms with van der Waals surface area (Å²) in [5, 5.41) is 2.04. The molecule has 1 fully saturated rings. The first-order chi connectivity index (χ1) is 9.34. The molecule has 9 heteroatoms. The van der Waals surface area contributed by atoms with Crippen molar-refractivity contribution in [1.82, 2.24) is 15.3 Å². The van der Waals surface area contributed by atoms with Gasteiger partial charge in [-0.25, -0.2) is 9.97 Å². The van der Waals surface area contributed by atoms with E-state index in [4.69, 9.17) is 5.73 Å². The van der Waals surface area contributed by atoms with Gasteiger partial charge in [0.15, 0.2) is 0 Å². The zero-order chi connectivity index (χ0) is 14.5. The Kier molecular flexibility index (Phi) is 2.65. The number of alkyl halides is 3. The summed E-state index contributed by atoms with van der Waals surface area (Å²) in [6, 6.07) is 0. The summed E-state index contributed by atoms with van der Waals surface area (Å²) in [6.07, 6.45) is -1.83. The Morgan fingerprint density at radius 2 is 2.00 bits per heavy atom. The highest BCUT2D eigenvalue weighted by Gasteiger charge is 2.64. The standard InChI is InChI=1S/C11H9F3N4OS/c12-11(13,14)10(1-2-10)18-8(19)7-5(15)6-9(20-7)17-4-3-16-6/h3-4H,1-2,15H2,(H,18,19). The molecule has 1 aliphatic rings. The molecule has 0 aliphatic heterocycles. The van der Waals surface area contributed by atoms with Crippen LogP contribution in [0, 0.1) is 0 Å². The quantitative estimate of drug-likeness (QED) is 0.890. The van der Waals surface area contributed by atoms with Crippen molar-refractivity contribution in [3.05, 3.63) is 17.3 Å². The van der Waals surface area contributed by atoms with Crippen molar-refractivity contribution in [2.75, 3.05) is 5.73 Å². The monoisotopic (exact) mass is 302 g/mol. The third-order valence-corrected chi connectivity index (χ3v) is 4.32. The predicted octanol–water partition coefficient (Wildman–Crippen LogP) is 2.10. The van der Waals surface area contributed by atoms with E-state index in [1.54, 1.807) is 0 Å². The minimum Gasteiger partial charge on any atom is -0.396 e. The van der Waals surface area contributed by atoms with Crippen LogP contribution >= 0.6 is 11.3 Å². The summed E-state index contributed by atoms with van der Waals surface area (Å²) in [4.78, 5) is 20.4. The number of amides is 1. The molecule has 1 aliphatic carbocycles. The van der Waals surface area contributed by atoms with Gasteiger partial charge in [0.05, 0.1) is 5.69 Å². The highest BCUT2D eigenvalue weighted by Crippen LogP contribution is 2.49. The Hall–Kier alpha value is -1.90. The van der Waals surface area contributed by atoms with E-state index in [1.807, 2.05) is 5.32 Å². The second-order valence-electron chi connectivity index (χ2n) is 4.59. The van der Waals surface area contributed by atoms with Crippen molar-refractivity contribution in [3.63, 3.8) is 0 Å². The van der Waals surface area contributed by atoms with Gasteiger partial charge in [0.1, 0.15) is 20.8 Å². The molecule has 0 saturated heterocycles. The Morgan fingerprint density at radius 3 is 2.55 bits per heavy atom. The Labute approximate surface area is 115 Å². The van der Waals surface area contributed by atoms with Crippen LogP contribution in [0.15, 0.2) is 12.4 Å². The molecule has 3 rings (SSSR count). The molecule has 1 amide bonds. The van der Waals surface area contributed by atoms with Gasteiger partial charge in [0.25, 0.3) is 5.91 Å². The number of hydrogen-bond acceptors (Lipinski definition) is 5. The second kappa shape index (κ2) is 4.05. The van der Waals surface area contributed by atoms with Crippen LogP contribution in [-0.2, 0) is 0 Å². The summed E-state index contributed by atoms with van der Waals surface area (Å²) in [5.41, 5.74) is 4.05. The number of fused-ring (bicyclic) bond motifs is 1. The van der Waals surface area contributed by atoms with Gasteiger partial charge < -0.3 is 11.1 Å². The zero-order valence-electron chi connectivity index (χ0n) is 9.99. The SMILES string of the molecule is Nc1c(C(=O)NC2(C(F)(F)F)CC2)sc2nccnc12. The van der Waals surface area contributed by atoms with Crippen LogP contribution in [0.4, 0.5) is 18.9 Å². The van der Waals surface area contributed by atoms with E-state index in [0.717, 1.165) is 11.3 Å². The van der Waals surface area contributed by atoms with Gasteiger partial charge in [-0.05, 0) is 12.8 Å². The van der Waals surface area contributed by atoms with Crippen LogP contribution in [0.25, 0.3) is 10.3 Å². The first-order valence-electron chi connectivity index (χ1n) is 5.72. The number of nitrogens with two attached hydrogens (primary N) is 1. The van der Waals surface area contributed by atoms with Crippen LogP contribution in [0.2, 0.25) is 0 Å². The molecule has 0 radical (unpaired) electrons. The molecule has 0 aromatic carbocycles. The summed E-state index contributed by atoms with van der Waals surface area (Å²) in [7, 11) is 0. The molecule has 0 spiro atoms. The number of aromatic nitrogens is 2. The van der Waals surface area contributed by atoms with Crippen molar-refractivity contribution in [1.29, 1.82) is 0 Å². The molecule has 0 bridgehead atoms. The van der Waals surface area contributed by atoms with Crippen molar-refractivity contribution in [2.24, 2.45) is 0 Å². The first-order valence-corrected chi connectivity index (χ1v) is 6.54. The van der Waals surface area contributed by atoms with E-state index in [-0.39, 0.29) is 23.4 Å². The maximum Gasteiger partial charge on any atom is 0.411 e. The number of nitrogens with one attached hydrogen (secondary N) is 1. The van der Waals surface area contributed by atoms with Crippen LogP contribution in [0.5, 0.6) is 0 Å². The average molecular weight is 302 g/mol. The largest absolute Gasteiger partial charge is 0.411 e. The number of thiophene rings is 1. The summed E-state index contributed by atoms with van der Waals surface area (Å²) in [5.74, 6) is -0.831. The lowest BCUT2D eigenvalue weighted by molar-refractivity contribution is -0.163. The maximum atomic E-state index is 12.8. The number of rotatable bonds is 2. The van der Waals surface area contributed by atoms with E-state index in [2.05, 4.69) is 9.97 Å². The molecular weight excluding hydrogens is 293 g/mol. The van der Waals surface area contributed by atoms with Crippen LogP contribution in [0.3, 0.4) is 0 Å². The molecule has 2 heterocycles. The minimum absolute atomic E-state index is 0.0155. The topological polar surface area (TPSA) is 80.9 Å². The van der Waals surface area contributed by atoms with Gasteiger partial charge in [-0.2, -0.15) is 13.2 Å². The summed E-state index contributed by atoms with van der Waals surface area (Å²) in [6.45, 7) is 0. The van der Waals surface area contributed by atoms with Crippen LogP contribution < -0.4 is 11.1 Å². The molecule has 2 aromatic heterocycles. The fourth-order valence-electron chi connectivity index (χ4n) is 1.89. The maximum absolute atomic E-state index is 12.8. The third kappa shape index (κ3) is 1.89. The molecule has 0 unspecified atom stereocenters. The van der Waals surface area contributed by atoms with Gasteiger partial charge >= 0.3 is 6.18 Å². The van der Waals surface area contributed by atoms with Crippen molar-refractivity contribution >= 4 is 33.3 Å². The van der Waals surface area contributed by atoms with E-state index in [0.29, 0.717) is 10.3 Å². The molecule has 0 atom stereocenters. The summed E-state index contributed by atoms with van der Waals surface area (Å²) < 4.78 is 38.4. The second-order valence-corrected chi connectivity index (χ2v) is 5.59. The van der Waals surface area contributed by atoms with Gasteiger partial charge in [-0.1, -0.05) is 0 Å². The highest BCUT2D eigenvalue weighted by atomic mass is 32.1. The average Bonchev–Trinajstić information content (AvgIpc) is 3.09. The number of halogens is 3. The number of nitrogen functional groups attached to an aromatic ring is 1. The van der Waals surface area contributed by atoms with Gasteiger partial charge in [-0.15, -0.1) is 11.3 Å². The number of nitrogens with zero attached hydrogens (tertiary/aromatic N) is 2. The van der Waals surface area contributed by atoms with Crippen molar-refractivity contribution in [2.45, 2.75) is 24.6 Å². The molecule has 20 heavy (non-hydrogen) atoms. The molecular formula is C11H9F3N4OS. The fourth-order valence-corrected chi connectivity index (χ4v) is 2.81. The van der Waals surface area contributed by atoms with Crippen LogP contribution in [-0.4, -0.2) is 27.6 Å². The lowest BCUT2D eigenvalue weighted by Gasteiger charge is -2.20. The lowest BCUT2D eigenvalue weighted by Crippen LogP contribution is -2.47. The van der Waals surface area contributed by atoms with E-state index < -0.39 is 17.6 Å². The smallest absolute Gasteiger partial charge is 0.396 e. The fraction of sp³-hybridized carbons (Fsp3) is 0.364. The normalized spacial score (nSPS) is 17.1. The van der Waals surface area contributed by atoms with Gasteiger partial charge in [0, 0.05) is 12.4 Å². The van der Waals surface area contributed by atoms with Gasteiger partial charge in [0.2, 0.25) is 0 Å². The van der Waals surface area contributed by atoms with Crippen LogP contribution in [0.1, 0.15) is 22.5 Å². The van der Waals surface area contributed by atoms with Crippen molar-refractivity contribution in [3.8, 4) is 0 Å². The number of carbonyl (C=O) groups excluding carboxylic acids is 1. The number of anilines is 1. The lowest BCUT2D eigenvalue weighted by atomic mass is 10.2. The van der Waals surface area contributed by atoms with E-state index >= 15 is 0 Å². The number of carbonyl (C=O) groups is 1. The molecule has 1 saturated carbocycles. The van der Waals surface area contributed by atoms with E-state index in [1.165, 1.54) is 12.4 Å². The predicted molar refractivity (Wildman–Crippen MR) is 67.3 cm³/mol. The first kappa shape index (κ1) is 13.1. The Bertz CT molecular complexity index is 693. The zero-order valence-corrected chi connectivity index (χ0v) is 10.8. The third-order valence-electron chi connectivity index (χ3n) is 3.21. The summed E-state index contributed by atoms with van der Waals surface area (Å²) >= 11 is 0.933. The van der Waals surface area contributed by atoms with Gasteiger partial charge in [-0.3, -0.25) is 4.79 Å². The minimum atomic E-state index is -4.45. The Balaban J connectivity index is 1.92. The highest BCUT2D eigenvalue weighted by molar-refractivity contribution is 7.21.